The Morgan fingerprint density at radius 3 is 2.20 bits per heavy atom. The molecule has 0 spiro atoms. The van der Waals surface area contributed by atoms with Crippen LogP contribution < -0.4 is 10.6 Å². The molecule has 136 valence electrons. The topological polar surface area (TPSA) is 69.5 Å². The second kappa shape index (κ2) is 8.49. The van der Waals surface area contributed by atoms with Crippen LogP contribution in [0, 0.1) is 17.2 Å². The highest BCUT2D eigenvalue weighted by Gasteiger charge is 2.35. The van der Waals surface area contributed by atoms with Gasteiger partial charge in [0, 0.05) is 11.5 Å². The van der Waals surface area contributed by atoms with Crippen LogP contribution in [0.25, 0.3) is 0 Å². The Labute approximate surface area is 152 Å². The van der Waals surface area contributed by atoms with Crippen LogP contribution in [0.4, 0.5) is 0 Å². The molecular formula is C21H32N3O+. The molecule has 4 heteroatoms. The Balaban J connectivity index is 1.97. The predicted molar refractivity (Wildman–Crippen MR) is 99.9 cm³/mol. The molecule has 3 N–H and O–H groups in total. The Morgan fingerprint density at radius 1 is 1.16 bits per heavy atom. The third kappa shape index (κ3) is 5.06. The Morgan fingerprint density at radius 2 is 1.72 bits per heavy atom. The maximum atomic E-state index is 12.4. The van der Waals surface area contributed by atoms with Gasteiger partial charge in [-0.3, -0.25) is 4.79 Å². The van der Waals surface area contributed by atoms with Gasteiger partial charge in [0.1, 0.15) is 11.6 Å². The van der Waals surface area contributed by atoms with Crippen molar-refractivity contribution in [3.8, 4) is 6.07 Å². The SMILES string of the molecule is CC(C)c1ccc([C@H]([NH2+]CC(=O)NC2(C#N)CCCC2)C(C)C)cc1. The molecule has 1 saturated carbocycles. The molecule has 0 heterocycles. The monoisotopic (exact) mass is 342 g/mol. The summed E-state index contributed by atoms with van der Waals surface area (Å²) in [6.45, 7) is 9.11. The molecule has 25 heavy (non-hydrogen) atoms. The van der Waals surface area contributed by atoms with Crippen LogP contribution in [0.2, 0.25) is 0 Å². The van der Waals surface area contributed by atoms with Gasteiger partial charge in [-0.05, 0) is 37.2 Å². The van der Waals surface area contributed by atoms with Gasteiger partial charge in [-0.1, -0.05) is 52.0 Å². The van der Waals surface area contributed by atoms with Crippen LogP contribution >= 0.6 is 0 Å². The molecule has 4 nitrogen and oxygen atoms in total. The van der Waals surface area contributed by atoms with Gasteiger partial charge >= 0.3 is 0 Å². The fourth-order valence-corrected chi connectivity index (χ4v) is 3.69. The van der Waals surface area contributed by atoms with Gasteiger partial charge in [0.15, 0.2) is 6.54 Å². The van der Waals surface area contributed by atoms with E-state index in [4.69, 9.17) is 0 Å². The zero-order valence-corrected chi connectivity index (χ0v) is 16.0. The second-order valence-electron chi connectivity index (χ2n) is 7.98. The minimum absolute atomic E-state index is 0.0344. The standard InChI is InChI=1S/C21H31N3O/c1-15(2)17-7-9-18(10-8-17)20(16(3)4)23-13-19(25)24-21(14-22)11-5-6-12-21/h7-10,15-16,20,23H,5-6,11-13H2,1-4H3,(H,24,25)/p+1/t20-/m1/s1. The maximum absolute atomic E-state index is 12.4. The van der Waals surface area contributed by atoms with Crippen LogP contribution in [-0.2, 0) is 4.79 Å². The van der Waals surface area contributed by atoms with E-state index < -0.39 is 5.54 Å². The van der Waals surface area contributed by atoms with Crippen molar-refractivity contribution < 1.29 is 10.1 Å². The van der Waals surface area contributed by atoms with Crippen LogP contribution in [-0.4, -0.2) is 18.0 Å². The van der Waals surface area contributed by atoms with E-state index in [1.165, 1.54) is 11.1 Å². The number of quaternary nitrogens is 1. The Hall–Kier alpha value is -1.86. The van der Waals surface area contributed by atoms with E-state index in [2.05, 4.69) is 68.7 Å². The number of nitrogens with zero attached hydrogens (tertiary/aromatic N) is 1. The Bertz CT molecular complexity index is 607. The number of carbonyl (C=O) groups excluding carboxylic acids is 1. The van der Waals surface area contributed by atoms with Crippen molar-refractivity contribution in [2.24, 2.45) is 5.92 Å². The van der Waals surface area contributed by atoms with Crippen LogP contribution in [0.15, 0.2) is 24.3 Å². The van der Waals surface area contributed by atoms with Gasteiger partial charge in [0.25, 0.3) is 5.91 Å². The van der Waals surface area contributed by atoms with Crippen molar-refractivity contribution in [1.29, 1.82) is 5.26 Å². The average Bonchev–Trinajstić information content (AvgIpc) is 3.04. The first-order valence-electron chi connectivity index (χ1n) is 9.52. The van der Waals surface area contributed by atoms with E-state index in [0.29, 0.717) is 18.4 Å². The van der Waals surface area contributed by atoms with Crippen molar-refractivity contribution in [3.05, 3.63) is 35.4 Å². The summed E-state index contributed by atoms with van der Waals surface area (Å²) in [7, 11) is 0. The van der Waals surface area contributed by atoms with Gasteiger partial charge in [0.2, 0.25) is 0 Å². The normalized spacial score (nSPS) is 17.5. The summed E-state index contributed by atoms with van der Waals surface area (Å²) in [5, 5.41) is 14.5. The van der Waals surface area contributed by atoms with E-state index in [0.717, 1.165) is 25.7 Å². The highest BCUT2D eigenvalue weighted by atomic mass is 16.2. The van der Waals surface area contributed by atoms with Gasteiger partial charge < -0.3 is 10.6 Å². The molecule has 0 radical (unpaired) electrons. The van der Waals surface area contributed by atoms with E-state index in [1.807, 2.05) is 0 Å². The smallest absolute Gasteiger partial charge is 0.276 e. The summed E-state index contributed by atoms with van der Waals surface area (Å²) >= 11 is 0. The summed E-state index contributed by atoms with van der Waals surface area (Å²) in [4.78, 5) is 12.4. The lowest BCUT2D eigenvalue weighted by atomic mass is 9.93. The van der Waals surface area contributed by atoms with Crippen molar-refractivity contribution in [3.63, 3.8) is 0 Å². The molecule has 0 aliphatic heterocycles. The van der Waals surface area contributed by atoms with Crippen LogP contribution in [0.3, 0.4) is 0 Å². The molecule has 0 saturated heterocycles. The number of carbonyl (C=O) groups is 1. The van der Waals surface area contributed by atoms with Crippen molar-refractivity contribution in [2.75, 3.05) is 6.54 Å². The maximum Gasteiger partial charge on any atom is 0.276 e. The van der Waals surface area contributed by atoms with Gasteiger partial charge in [0.05, 0.1) is 6.07 Å². The van der Waals surface area contributed by atoms with Crippen molar-refractivity contribution in [1.82, 2.24) is 5.32 Å². The van der Waals surface area contributed by atoms with Gasteiger partial charge in [-0.2, -0.15) is 5.26 Å². The molecule has 1 aliphatic carbocycles. The molecule has 0 bridgehead atoms. The molecule has 1 aliphatic rings. The summed E-state index contributed by atoms with van der Waals surface area (Å²) in [5.41, 5.74) is 1.96. The van der Waals surface area contributed by atoms with Crippen LogP contribution in [0.1, 0.15) is 76.5 Å². The number of benzene rings is 1. The van der Waals surface area contributed by atoms with E-state index in [1.54, 1.807) is 0 Å². The minimum Gasteiger partial charge on any atom is -0.333 e. The molecule has 1 aromatic carbocycles. The molecule has 1 aromatic rings. The largest absolute Gasteiger partial charge is 0.333 e. The molecule has 1 amide bonds. The second-order valence-corrected chi connectivity index (χ2v) is 7.98. The summed E-state index contributed by atoms with van der Waals surface area (Å²) < 4.78 is 0. The molecule has 2 rings (SSSR count). The summed E-state index contributed by atoms with van der Waals surface area (Å²) in [5.74, 6) is 0.914. The fraction of sp³-hybridized carbons (Fsp3) is 0.619. The lowest BCUT2D eigenvalue weighted by Crippen LogP contribution is -2.88. The van der Waals surface area contributed by atoms with E-state index >= 15 is 0 Å². The first kappa shape index (κ1) is 19.5. The summed E-state index contributed by atoms with van der Waals surface area (Å²) in [6, 6.07) is 11.3. The Kier molecular flexibility index (Phi) is 6.61. The van der Waals surface area contributed by atoms with E-state index in [9.17, 15) is 10.1 Å². The van der Waals surface area contributed by atoms with Crippen LogP contribution in [0.5, 0.6) is 0 Å². The first-order chi connectivity index (χ1) is 11.9. The third-order valence-corrected chi connectivity index (χ3v) is 5.31. The number of amides is 1. The number of nitriles is 1. The van der Waals surface area contributed by atoms with Crippen molar-refractivity contribution in [2.45, 2.75) is 70.9 Å². The van der Waals surface area contributed by atoms with E-state index in [-0.39, 0.29) is 11.9 Å². The highest BCUT2D eigenvalue weighted by molar-refractivity contribution is 5.78. The number of hydrogen-bond acceptors (Lipinski definition) is 2. The lowest BCUT2D eigenvalue weighted by Gasteiger charge is -2.23. The number of nitrogens with two attached hydrogens (primary N) is 1. The third-order valence-electron chi connectivity index (χ3n) is 5.31. The van der Waals surface area contributed by atoms with Gasteiger partial charge in [-0.15, -0.1) is 0 Å². The molecular weight excluding hydrogens is 310 g/mol. The number of hydrogen-bond donors (Lipinski definition) is 2. The average molecular weight is 343 g/mol. The number of rotatable bonds is 7. The summed E-state index contributed by atoms with van der Waals surface area (Å²) in [6.07, 6.45) is 3.60. The zero-order chi connectivity index (χ0) is 18.4. The van der Waals surface area contributed by atoms with Crippen molar-refractivity contribution >= 4 is 5.91 Å². The number of nitrogens with one attached hydrogen (secondary N) is 1. The minimum atomic E-state index is -0.628. The molecule has 1 fully saturated rings. The van der Waals surface area contributed by atoms with Gasteiger partial charge in [-0.25, -0.2) is 0 Å². The predicted octanol–water partition coefficient (Wildman–Crippen LogP) is 3.02. The zero-order valence-electron chi connectivity index (χ0n) is 16.0. The fourth-order valence-electron chi connectivity index (χ4n) is 3.69. The molecule has 0 aromatic heterocycles. The molecule has 0 unspecified atom stereocenters. The highest BCUT2D eigenvalue weighted by Crippen LogP contribution is 2.28. The first-order valence-corrected chi connectivity index (χ1v) is 9.52. The lowest BCUT2D eigenvalue weighted by molar-refractivity contribution is -0.692. The quantitative estimate of drug-likeness (QED) is 0.799. The molecule has 1 atom stereocenters.